The molecule has 1 fully saturated rings. The fourth-order valence-corrected chi connectivity index (χ4v) is 3.87. The monoisotopic (exact) mass is 384 g/mol. The fourth-order valence-electron chi connectivity index (χ4n) is 3.87. The smallest absolute Gasteiger partial charge is 0.227 e. The first-order valence-electron chi connectivity index (χ1n) is 10.3. The molecule has 4 N–H and O–H groups in total. The van der Waals surface area contributed by atoms with Crippen molar-refractivity contribution in [2.45, 2.75) is 45.4 Å². The highest BCUT2D eigenvalue weighted by Gasteiger charge is 2.27. The summed E-state index contributed by atoms with van der Waals surface area (Å²) in [7, 11) is 2.01. The molecule has 0 atom stereocenters. The summed E-state index contributed by atoms with van der Waals surface area (Å²) in [5, 5.41) is 4.04. The van der Waals surface area contributed by atoms with Gasteiger partial charge < -0.3 is 20.9 Å². The van der Waals surface area contributed by atoms with Gasteiger partial charge in [0.2, 0.25) is 5.91 Å². The van der Waals surface area contributed by atoms with Gasteiger partial charge in [-0.25, -0.2) is 4.98 Å². The number of aromatic nitrogens is 2. The zero-order chi connectivity index (χ0) is 19.9. The van der Waals surface area contributed by atoms with Crippen molar-refractivity contribution < 1.29 is 4.79 Å². The highest BCUT2D eigenvalue weighted by atomic mass is 16.1. The van der Waals surface area contributed by atoms with Crippen molar-refractivity contribution in [3.05, 3.63) is 24.5 Å². The number of anilines is 1. The largest absolute Gasteiger partial charge is 0.370 e. The molecule has 152 valence electrons. The molecule has 2 aromatic heterocycles. The lowest BCUT2D eigenvalue weighted by molar-refractivity contribution is -0.121. The summed E-state index contributed by atoms with van der Waals surface area (Å²) in [6.45, 7) is 3.85. The zero-order valence-electron chi connectivity index (χ0n) is 16.9. The first kappa shape index (κ1) is 20.2. The molecule has 1 aliphatic carbocycles. The lowest BCUT2D eigenvalue weighted by atomic mass is 9.81. The second kappa shape index (κ2) is 9.57. The van der Waals surface area contributed by atoms with Gasteiger partial charge in [0.05, 0.1) is 5.69 Å². The van der Waals surface area contributed by atoms with E-state index in [0.29, 0.717) is 11.9 Å². The van der Waals surface area contributed by atoms with Crippen LogP contribution in [0.3, 0.4) is 0 Å². The van der Waals surface area contributed by atoms with E-state index in [2.05, 4.69) is 32.1 Å². The number of H-pyrrole nitrogens is 1. The normalized spacial score (nSPS) is 20.3. The third kappa shape index (κ3) is 5.03. The van der Waals surface area contributed by atoms with Crippen LogP contribution in [0.4, 0.5) is 5.69 Å². The number of hydrogen-bond acceptors (Lipinski definition) is 3. The van der Waals surface area contributed by atoms with E-state index >= 15 is 0 Å². The summed E-state index contributed by atoms with van der Waals surface area (Å²) >= 11 is 0. The Morgan fingerprint density at radius 3 is 2.89 bits per heavy atom. The number of fused-ring (bicyclic) bond motifs is 1. The lowest BCUT2D eigenvalue weighted by Crippen LogP contribution is -2.39. The Hall–Kier alpha value is -2.57. The van der Waals surface area contributed by atoms with E-state index in [-0.39, 0.29) is 11.8 Å². The number of unbranched alkanes of at least 4 members (excludes halogenated alkanes) is 1. The standard InChI is InChI=1S/C21H32N6O/c1-3-4-11-25-21(22)27(2)14-15-5-7-16(8-6-15)20(28)26-18-10-13-24-19-17(18)9-12-23-19/h9-10,12-13,15-16H,3-8,11,14H2,1-2H3,(H2,22,25)(H2,23,24,26,28). The Morgan fingerprint density at radius 2 is 2.14 bits per heavy atom. The first-order chi connectivity index (χ1) is 13.6. The number of guanidine groups is 1. The quantitative estimate of drug-likeness (QED) is 0.387. The zero-order valence-corrected chi connectivity index (χ0v) is 16.9. The minimum atomic E-state index is 0.0688. The molecule has 0 spiro atoms. The van der Waals surface area contributed by atoms with Gasteiger partial charge in [-0.05, 0) is 50.2 Å². The van der Waals surface area contributed by atoms with Crippen LogP contribution >= 0.6 is 0 Å². The number of pyridine rings is 1. The van der Waals surface area contributed by atoms with Gasteiger partial charge >= 0.3 is 0 Å². The number of carbonyl (C=O) groups is 1. The Balaban J connectivity index is 1.47. The maximum absolute atomic E-state index is 12.7. The van der Waals surface area contributed by atoms with E-state index in [1.807, 2.05) is 25.4 Å². The Labute approximate surface area is 166 Å². The third-order valence-electron chi connectivity index (χ3n) is 5.64. The number of amides is 1. The summed E-state index contributed by atoms with van der Waals surface area (Å²) < 4.78 is 0. The van der Waals surface area contributed by atoms with Crippen LogP contribution < -0.4 is 11.1 Å². The molecule has 2 heterocycles. The summed E-state index contributed by atoms with van der Waals surface area (Å²) in [5.74, 6) is 1.37. The number of nitrogens with two attached hydrogens (primary N) is 1. The third-order valence-corrected chi connectivity index (χ3v) is 5.64. The molecule has 0 bridgehead atoms. The molecule has 2 aromatic rings. The second-order valence-corrected chi connectivity index (χ2v) is 7.78. The Morgan fingerprint density at radius 1 is 1.36 bits per heavy atom. The number of hydrogen-bond donors (Lipinski definition) is 3. The molecule has 7 nitrogen and oxygen atoms in total. The maximum Gasteiger partial charge on any atom is 0.227 e. The van der Waals surface area contributed by atoms with E-state index in [4.69, 9.17) is 5.73 Å². The predicted molar refractivity (Wildman–Crippen MR) is 114 cm³/mol. The van der Waals surface area contributed by atoms with E-state index in [1.54, 1.807) is 6.20 Å². The number of aliphatic imine (C=N–C) groups is 1. The molecular weight excluding hydrogens is 352 g/mol. The van der Waals surface area contributed by atoms with Gasteiger partial charge in [-0.3, -0.25) is 9.79 Å². The molecule has 7 heteroatoms. The fraction of sp³-hybridized carbons (Fsp3) is 0.571. The van der Waals surface area contributed by atoms with Crippen molar-refractivity contribution in [1.82, 2.24) is 14.9 Å². The van der Waals surface area contributed by atoms with Crippen molar-refractivity contribution in [3.8, 4) is 0 Å². The molecule has 3 rings (SSSR count). The summed E-state index contributed by atoms with van der Waals surface area (Å²) in [6, 6.07) is 3.80. The van der Waals surface area contributed by atoms with Crippen molar-refractivity contribution in [2.75, 3.05) is 25.5 Å². The van der Waals surface area contributed by atoms with Gasteiger partial charge in [-0.2, -0.15) is 0 Å². The molecular formula is C21H32N6O. The van der Waals surface area contributed by atoms with Crippen LogP contribution in [0.15, 0.2) is 29.5 Å². The van der Waals surface area contributed by atoms with E-state index in [0.717, 1.165) is 68.3 Å². The minimum absolute atomic E-state index is 0.0688. The lowest BCUT2D eigenvalue weighted by Gasteiger charge is -2.31. The first-order valence-corrected chi connectivity index (χ1v) is 10.3. The molecule has 0 radical (unpaired) electrons. The van der Waals surface area contributed by atoms with Crippen LogP contribution in [0.25, 0.3) is 11.0 Å². The van der Waals surface area contributed by atoms with Gasteiger partial charge in [0.25, 0.3) is 0 Å². The van der Waals surface area contributed by atoms with Crippen LogP contribution in [0, 0.1) is 11.8 Å². The van der Waals surface area contributed by atoms with Crippen molar-refractivity contribution in [2.24, 2.45) is 22.6 Å². The maximum atomic E-state index is 12.7. The molecule has 28 heavy (non-hydrogen) atoms. The minimum Gasteiger partial charge on any atom is -0.370 e. The number of nitrogens with zero attached hydrogens (tertiary/aromatic N) is 3. The topological polar surface area (TPSA) is 99.4 Å². The van der Waals surface area contributed by atoms with Crippen molar-refractivity contribution in [1.29, 1.82) is 0 Å². The SMILES string of the molecule is CCCCN=C(N)N(C)CC1CCC(C(=O)Nc2ccnc3[nH]ccc23)CC1. The van der Waals surface area contributed by atoms with Crippen LogP contribution in [0.5, 0.6) is 0 Å². The van der Waals surface area contributed by atoms with Crippen molar-refractivity contribution >= 4 is 28.6 Å². The molecule has 0 saturated heterocycles. The van der Waals surface area contributed by atoms with E-state index in [1.165, 1.54) is 0 Å². The molecule has 0 aromatic carbocycles. The molecule has 0 aliphatic heterocycles. The molecule has 1 aliphatic rings. The van der Waals surface area contributed by atoms with E-state index < -0.39 is 0 Å². The van der Waals surface area contributed by atoms with Crippen LogP contribution in [0.1, 0.15) is 45.4 Å². The molecule has 1 amide bonds. The predicted octanol–water partition coefficient (Wildman–Crippen LogP) is 3.35. The number of carbonyl (C=O) groups excluding carboxylic acids is 1. The number of rotatable bonds is 7. The highest BCUT2D eigenvalue weighted by molar-refractivity contribution is 6.00. The van der Waals surface area contributed by atoms with E-state index in [9.17, 15) is 4.79 Å². The van der Waals surface area contributed by atoms with Gasteiger partial charge in [0, 0.05) is 43.8 Å². The number of aromatic amines is 1. The van der Waals surface area contributed by atoms with Crippen LogP contribution in [0.2, 0.25) is 0 Å². The average molecular weight is 385 g/mol. The van der Waals surface area contributed by atoms with Crippen LogP contribution in [-0.4, -0.2) is 46.9 Å². The molecule has 0 unspecified atom stereocenters. The van der Waals surface area contributed by atoms with Gasteiger partial charge in [-0.1, -0.05) is 13.3 Å². The second-order valence-electron chi connectivity index (χ2n) is 7.78. The van der Waals surface area contributed by atoms with Crippen LogP contribution in [-0.2, 0) is 4.79 Å². The average Bonchev–Trinajstić information content (AvgIpc) is 3.18. The summed E-state index contributed by atoms with van der Waals surface area (Å²) in [6.07, 6.45) is 9.67. The Bertz CT molecular complexity index is 806. The summed E-state index contributed by atoms with van der Waals surface area (Å²) in [4.78, 5) is 26.6. The van der Waals surface area contributed by atoms with Crippen molar-refractivity contribution in [3.63, 3.8) is 0 Å². The van der Waals surface area contributed by atoms with Gasteiger partial charge in [-0.15, -0.1) is 0 Å². The van der Waals surface area contributed by atoms with Gasteiger partial charge in [0.15, 0.2) is 5.96 Å². The van der Waals surface area contributed by atoms with Gasteiger partial charge in [0.1, 0.15) is 5.65 Å². The summed E-state index contributed by atoms with van der Waals surface area (Å²) in [5.41, 5.74) is 7.70. The number of nitrogens with one attached hydrogen (secondary N) is 2. The Kier molecular flexibility index (Phi) is 6.90. The highest BCUT2D eigenvalue weighted by Crippen LogP contribution is 2.31. The molecule has 1 saturated carbocycles.